The van der Waals surface area contributed by atoms with E-state index in [-0.39, 0.29) is 15.6 Å². The van der Waals surface area contributed by atoms with Crippen molar-refractivity contribution >= 4 is 46.3 Å². The van der Waals surface area contributed by atoms with Gasteiger partial charge in [-0.05, 0) is 30.7 Å². The molecule has 0 bridgehead atoms. The second-order valence-electron chi connectivity index (χ2n) is 5.48. The molecule has 1 fully saturated rings. The van der Waals surface area contributed by atoms with E-state index in [1.807, 2.05) is 0 Å². The van der Waals surface area contributed by atoms with Crippen molar-refractivity contribution in [2.24, 2.45) is 0 Å². The first kappa shape index (κ1) is 18.3. The second-order valence-corrected chi connectivity index (χ2v) is 7.15. The Labute approximate surface area is 158 Å². The van der Waals surface area contributed by atoms with Crippen LogP contribution in [0.25, 0.3) is 17.4 Å². The average molecular weight is 390 g/mol. The molecule has 8 heteroatoms. The van der Waals surface area contributed by atoms with Gasteiger partial charge in [-0.15, -0.1) is 0 Å². The Morgan fingerprint density at radius 3 is 2.77 bits per heavy atom. The summed E-state index contributed by atoms with van der Waals surface area (Å²) in [5.41, 5.74) is 0.308. The summed E-state index contributed by atoms with van der Waals surface area (Å²) in [5, 5.41) is 11.2. The molecule has 2 heterocycles. The van der Waals surface area contributed by atoms with Crippen molar-refractivity contribution in [1.82, 2.24) is 4.90 Å². The third-order valence-corrected chi connectivity index (χ3v) is 5.16. The number of benzene rings is 1. The smallest absolute Gasteiger partial charge is 0.266 e. The van der Waals surface area contributed by atoms with Crippen LogP contribution in [0.4, 0.5) is 4.39 Å². The highest BCUT2D eigenvalue weighted by Crippen LogP contribution is 2.35. The molecule has 1 aliphatic rings. The van der Waals surface area contributed by atoms with E-state index in [2.05, 4.69) is 0 Å². The Morgan fingerprint density at radius 2 is 2.12 bits per heavy atom. The molecule has 1 aromatic carbocycles. The zero-order valence-corrected chi connectivity index (χ0v) is 15.2. The average Bonchev–Trinajstić information content (AvgIpc) is 3.16. The lowest BCUT2D eigenvalue weighted by molar-refractivity contribution is -0.310. The zero-order valence-electron chi connectivity index (χ0n) is 13.6. The van der Waals surface area contributed by atoms with Crippen LogP contribution in [0, 0.1) is 5.82 Å². The fourth-order valence-corrected chi connectivity index (χ4v) is 3.91. The molecule has 1 aromatic heterocycles. The number of hydrogen-bond acceptors (Lipinski definition) is 6. The number of carbonyl (C=O) groups is 2. The molecular formula is C18H13FNO4S2-. The highest BCUT2D eigenvalue weighted by molar-refractivity contribution is 8.26. The molecule has 2 aromatic rings. The van der Waals surface area contributed by atoms with Crippen molar-refractivity contribution in [3.63, 3.8) is 0 Å². The zero-order chi connectivity index (χ0) is 18.8. The topological polar surface area (TPSA) is 73.6 Å². The lowest BCUT2D eigenvalue weighted by Gasteiger charge is -2.26. The third-order valence-electron chi connectivity index (χ3n) is 3.83. The number of carbonyl (C=O) groups excluding carboxylic acids is 2. The summed E-state index contributed by atoms with van der Waals surface area (Å²) >= 11 is 6.12. The van der Waals surface area contributed by atoms with E-state index in [0.717, 1.165) is 16.7 Å². The van der Waals surface area contributed by atoms with Crippen molar-refractivity contribution in [3.05, 3.63) is 52.9 Å². The monoisotopic (exact) mass is 390 g/mol. The molecule has 0 unspecified atom stereocenters. The van der Waals surface area contributed by atoms with Crippen LogP contribution in [0.15, 0.2) is 45.7 Å². The summed E-state index contributed by atoms with van der Waals surface area (Å²) < 4.78 is 19.6. The molecule has 5 nitrogen and oxygen atoms in total. The van der Waals surface area contributed by atoms with Crippen LogP contribution in [-0.4, -0.2) is 27.1 Å². The van der Waals surface area contributed by atoms with E-state index in [9.17, 15) is 19.1 Å². The maximum absolute atomic E-state index is 13.8. The molecule has 1 atom stereocenters. The van der Waals surface area contributed by atoms with Gasteiger partial charge in [-0.2, -0.15) is 0 Å². The van der Waals surface area contributed by atoms with Gasteiger partial charge in [-0.25, -0.2) is 4.39 Å². The summed E-state index contributed by atoms with van der Waals surface area (Å²) in [5.74, 6) is -1.62. The highest BCUT2D eigenvalue weighted by Gasteiger charge is 2.37. The number of carboxylic acids is 1. The Hall–Kier alpha value is -2.45. The van der Waals surface area contributed by atoms with Crippen LogP contribution in [0.2, 0.25) is 0 Å². The molecule has 1 amide bonds. The number of amides is 1. The van der Waals surface area contributed by atoms with Crippen LogP contribution in [0.5, 0.6) is 0 Å². The minimum Gasteiger partial charge on any atom is -0.548 e. The standard InChI is InChI=1S/C18H14FNO4S2/c1-2-13(17(22)23)20-16(21)15(26-18(20)25)9-10-7-8-14(24-10)11-5-3-4-6-12(11)19/h3-9,13H,2H2,1H3,(H,22,23)/p-1/b15-9+/t13-/m1/s1. The number of aliphatic carboxylic acids is 1. The summed E-state index contributed by atoms with van der Waals surface area (Å²) in [7, 11) is 0. The van der Waals surface area contributed by atoms with E-state index in [1.54, 1.807) is 37.3 Å². The normalized spacial score (nSPS) is 17.2. The maximum Gasteiger partial charge on any atom is 0.266 e. The SMILES string of the molecule is CC[C@H](C(=O)[O-])N1C(=O)/C(=C\c2ccc(-c3ccccc3F)o2)SC1=S. The molecule has 0 radical (unpaired) electrons. The van der Waals surface area contributed by atoms with E-state index < -0.39 is 23.7 Å². The molecule has 1 saturated heterocycles. The Morgan fingerprint density at radius 1 is 1.38 bits per heavy atom. The summed E-state index contributed by atoms with van der Waals surface area (Å²) in [6.45, 7) is 1.63. The van der Waals surface area contributed by atoms with Gasteiger partial charge >= 0.3 is 0 Å². The minimum absolute atomic E-state index is 0.151. The fraction of sp³-hybridized carbons (Fsp3) is 0.167. The minimum atomic E-state index is -1.36. The number of nitrogens with zero attached hydrogens (tertiary/aromatic N) is 1. The molecule has 134 valence electrons. The van der Waals surface area contributed by atoms with Gasteiger partial charge in [0.05, 0.1) is 22.5 Å². The first-order chi connectivity index (χ1) is 12.4. The van der Waals surface area contributed by atoms with Crippen LogP contribution in [0.3, 0.4) is 0 Å². The van der Waals surface area contributed by atoms with Gasteiger partial charge < -0.3 is 14.3 Å². The van der Waals surface area contributed by atoms with Gasteiger partial charge in [0, 0.05) is 6.08 Å². The molecule has 26 heavy (non-hydrogen) atoms. The van der Waals surface area contributed by atoms with Crippen molar-refractivity contribution in [2.75, 3.05) is 0 Å². The van der Waals surface area contributed by atoms with Crippen LogP contribution >= 0.6 is 24.0 Å². The quantitative estimate of drug-likeness (QED) is 0.577. The van der Waals surface area contributed by atoms with Gasteiger partial charge in [0.1, 0.15) is 21.7 Å². The molecule has 0 N–H and O–H groups in total. The first-order valence-corrected chi connectivity index (χ1v) is 8.97. The van der Waals surface area contributed by atoms with Gasteiger partial charge in [-0.1, -0.05) is 43.0 Å². The third kappa shape index (κ3) is 3.42. The highest BCUT2D eigenvalue weighted by atomic mass is 32.2. The molecule has 0 spiro atoms. The van der Waals surface area contributed by atoms with E-state index in [1.165, 1.54) is 12.1 Å². The van der Waals surface area contributed by atoms with Gasteiger partial charge in [0.15, 0.2) is 0 Å². The summed E-state index contributed by atoms with van der Waals surface area (Å²) in [6, 6.07) is 8.27. The lowest BCUT2D eigenvalue weighted by atomic mass is 10.1. The number of hydrogen-bond donors (Lipinski definition) is 0. The summed E-state index contributed by atoms with van der Waals surface area (Å²) in [6.07, 6.45) is 1.64. The Balaban J connectivity index is 1.88. The molecule has 3 rings (SSSR count). The molecule has 0 saturated carbocycles. The number of furan rings is 1. The number of carboxylic acid groups (broad SMARTS) is 1. The first-order valence-electron chi connectivity index (χ1n) is 7.75. The van der Waals surface area contributed by atoms with Crippen LogP contribution < -0.4 is 5.11 Å². The lowest BCUT2D eigenvalue weighted by Crippen LogP contribution is -2.49. The van der Waals surface area contributed by atoms with Crippen molar-refractivity contribution in [2.45, 2.75) is 19.4 Å². The maximum atomic E-state index is 13.8. The Bertz CT molecular complexity index is 921. The number of thioether (sulfide) groups is 1. The van der Waals surface area contributed by atoms with Crippen molar-refractivity contribution in [3.8, 4) is 11.3 Å². The van der Waals surface area contributed by atoms with E-state index >= 15 is 0 Å². The Kier molecular flexibility index (Phi) is 5.24. The van der Waals surface area contributed by atoms with E-state index in [4.69, 9.17) is 16.6 Å². The largest absolute Gasteiger partial charge is 0.548 e. The van der Waals surface area contributed by atoms with Gasteiger partial charge in [0.2, 0.25) is 0 Å². The number of rotatable bonds is 5. The van der Waals surface area contributed by atoms with Crippen LogP contribution in [-0.2, 0) is 9.59 Å². The molecule has 0 aliphatic carbocycles. The second kappa shape index (κ2) is 7.43. The van der Waals surface area contributed by atoms with Crippen molar-refractivity contribution < 1.29 is 23.5 Å². The van der Waals surface area contributed by atoms with Crippen molar-refractivity contribution in [1.29, 1.82) is 0 Å². The van der Waals surface area contributed by atoms with Crippen LogP contribution in [0.1, 0.15) is 19.1 Å². The predicted molar refractivity (Wildman–Crippen MR) is 98.2 cm³/mol. The molecule has 1 aliphatic heterocycles. The van der Waals surface area contributed by atoms with E-state index in [0.29, 0.717) is 17.1 Å². The summed E-state index contributed by atoms with van der Waals surface area (Å²) in [4.78, 5) is 25.0. The number of thiocarbonyl (C=S) groups is 1. The molecular weight excluding hydrogens is 377 g/mol. The fourth-order valence-electron chi connectivity index (χ4n) is 2.57. The predicted octanol–water partition coefficient (Wildman–Crippen LogP) is 2.82. The number of halogens is 1. The van der Waals surface area contributed by atoms with Gasteiger partial charge in [-0.3, -0.25) is 9.69 Å². The van der Waals surface area contributed by atoms with Gasteiger partial charge in [0.25, 0.3) is 5.91 Å².